The predicted molar refractivity (Wildman–Crippen MR) is 128 cm³/mol. The van der Waals surface area contributed by atoms with Crippen molar-refractivity contribution >= 4 is 17.7 Å². The van der Waals surface area contributed by atoms with Gasteiger partial charge in [0.2, 0.25) is 23.2 Å². The Balaban J connectivity index is 1.28. The average Bonchev–Trinajstić information content (AvgIpc) is 3.36. The molecule has 0 radical (unpaired) electrons. The number of nitrogens with one attached hydrogen (secondary N) is 1. The Morgan fingerprint density at radius 1 is 1.27 bits per heavy atom. The van der Waals surface area contributed by atoms with E-state index in [0.717, 1.165) is 23.4 Å². The average molecular weight is 502 g/mol. The monoisotopic (exact) mass is 501 g/mol. The highest BCUT2D eigenvalue weighted by Gasteiger charge is 2.65. The Labute approximate surface area is 214 Å². The molecule has 3 amide bonds. The first-order valence-electron chi connectivity index (χ1n) is 12.8. The summed E-state index contributed by atoms with van der Waals surface area (Å²) in [6.07, 6.45) is 3.59. The molecule has 2 aromatic rings. The number of fused-ring (bicyclic) bond motifs is 5. The van der Waals surface area contributed by atoms with Gasteiger partial charge in [0.25, 0.3) is 5.91 Å². The van der Waals surface area contributed by atoms with E-state index in [1.807, 2.05) is 18.2 Å². The van der Waals surface area contributed by atoms with E-state index in [0.29, 0.717) is 50.3 Å². The molecule has 3 unspecified atom stereocenters. The van der Waals surface area contributed by atoms with Crippen LogP contribution in [0, 0.1) is 16.7 Å². The normalized spacial score (nSPS) is 28.9. The number of aromatic nitrogens is 2. The van der Waals surface area contributed by atoms with Crippen LogP contribution < -0.4 is 9.88 Å². The van der Waals surface area contributed by atoms with Crippen molar-refractivity contribution < 1.29 is 24.1 Å². The lowest BCUT2D eigenvalue weighted by Crippen LogP contribution is -2.56. The van der Waals surface area contributed by atoms with E-state index in [4.69, 9.17) is 5.26 Å². The molecule has 37 heavy (non-hydrogen) atoms. The summed E-state index contributed by atoms with van der Waals surface area (Å²) < 4.78 is 2.11. The number of aliphatic hydroxyl groups is 1. The van der Waals surface area contributed by atoms with Crippen LogP contribution in [-0.4, -0.2) is 56.7 Å². The van der Waals surface area contributed by atoms with Crippen LogP contribution in [0.3, 0.4) is 0 Å². The number of likely N-dealkylation sites (tertiary alicyclic amines) is 1. The molecule has 2 aromatic heterocycles. The van der Waals surface area contributed by atoms with Gasteiger partial charge in [-0.1, -0.05) is 13.0 Å². The molecular formula is C27H29N6O4+. The largest absolute Gasteiger partial charge is 0.378 e. The van der Waals surface area contributed by atoms with Crippen molar-refractivity contribution in [1.82, 2.24) is 20.1 Å². The molecule has 0 saturated carbocycles. The van der Waals surface area contributed by atoms with Crippen molar-refractivity contribution in [1.29, 1.82) is 5.26 Å². The Kier molecular flexibility index (Phi) is 5.40. The van der Waals surface area contributed by atoms with Crippen LogP contribution in [0.4, 0.5) is 0 Å². The molecular weight excluding hydrogens is 472 g/mol. The second-order valence-electron chi connectivity index (χ2n) is 10.7. The van der Waals surface area contributed by atoms with Gasteiger partial charge in [-0.2, -0.15) is 9.83 Å². The molecule has 0 bridgehead atoms. The molecule has 6 rings (SSSR count). The topological polar surface area (TPSA) is 131 Å². The Hall–Kier alpha value is -3.68. The third kappa shape index (κ3) is 3.49. The van der Waals surface area contributed by atoms with E-state index in [1.54, 1.807) is 23.2 Å². The summed E-state index contributed by atoms with van der Waals surface area (Å²) in [5.41, 5.74) is 2.16. The molecule has 3 atom stereocenters. The number of nitrogens with zero attached hydrogens (tertiary/aromatic N) is 5. The van der Waals surface area contributed by atoms with Gasteiger partial charge in [0, 0.05) is 38.3 Å². The van der Waals surface area contributed by atoms with Crippen LogP contribution in [0.5, 0.6) is 0 Å². The molecule has 2 fully saturated rings. The molecule has 2 saturated heterocycles. The maximum Gasteiger partial charge on any atom is 0.261 e. The van der Waals surface area contributed by atoms with E-state index in [-0.39, 0.29) is 24.8 Å². The van der Waals surface area contributed by atoms with Gasteiger partial charge in [-0.05, 0) is 37.0 Å². The number of carbonyl (C=O) groups is 3. The highest BCUT2D eigenvalue weighted by Crippen LogP contribution is 2.52. The fraction of sp³-hybridized carbons (Fsp3) is 0.481. The maximum absolute atomic E-state index is 13.3. The van der Waals surface area contributed by atoms with Gasteiger partial charge >= 0.3 is 0 Å². The molecule has 10 nitrogen and oxygen atoms in total. The fourth-order valence-electron chi connectivity index (χ4n) is 6.76. The molecule has 4 aliphatic heterocycles. The third-order valence-electron chi connectivity index (χ3n) is 8.83. The fourth-order valence-corrected chi connectivity index (χ4v) is 6.76. The van der Waals surface area contributed by atoms with Crippen molar-refractivity contribution in [3.05, 3.63) is 58.7 Å². The summed E-state index contributed by atoms with van der Waals surface area (Å²) in [4.78, 5) is 45.5. The van der Waals surface area contributed by atoms with Crippen LogP contribution in [0.15, 0.2) is 30.5 Å². The first-order chi connectivity index (χ1) is 17.8. The molecule has 10 heteroatoms. The van der Waals surface area contributed by atoms with Gasteiger partial charge in [0.05, 0.1) is 5.41 Å². The first-order valence-corrected chi connectivity index (χ1v) is 12.8. The summed E-state index contributed by atoms with van der Waals surface area (Å²) in [5.74, 6) is -0.940. The highest BCUT2D eigenvalue weighted by molar-refractivity contribution is 6.05. The van der Waals surface area contributed by atoms with E-state index in [1.165, 1.54) is 0 Å². The molecule has 4 aliphatic rings. The lowest BCUT2D eigenvalue weighted by Gasteiger charge is -2.46. The van der Waals surface area contributed by atoms with Gasteiger partial charge in [-0.25, -0.2) is 4.98 Å². The van der Waals surface area contributed by atoms with Gasteiger partial charge in [0.1, 0.15) is 29.9 Å². The molecule has 2 N–H and O–H groups in total. The number of amides is 3. The smallest absolute Gasteiger partial charge is 0.261 e. The van der Waals surface area contributed by atoms with Crippen LogP contribution in [-0.2, 0) is 34.8 Å². The Morgan fingerprint density at radius 2 is 2.11 bits per heavy atom. The van der Waals surface area contributed by atoms with Crippen LogP contribution in [0.25, 0.3) is 0 Å². The van der Waals surface area contributed by atoms with Crippen LogP contribution in [0.1, 0.15) is 65.6 Å². The standard InChI is InChI=1S/C27H28N6O4/c1-2-26-15-31(13-17-3-4-18(11-28)29-12-17)10-9-27(26,37)22-7-5-19-21(33(22)16-26)14-32(25(19)36)20-6-8-23(34)30-24(20)35/h3-5,7,12,20,37H,2,6,8-10,13-16H2,1H3/p+1. The van der Waals surface area contributed by atoms with E-state index < -0.39 is 23.0 Å². The number of hydrogen-bond donors (Lipinski definition) is 2. The van der Waals surface area contributed by atoms with Crippen molar-refractivity contribution in [2.75, 3.05) is 13.1 Å². The van der Waals surface area contributed by atoms with Crippen molar-refractivity contribution in [3.8, 4) is 6.07 Å². The number of hydrogen-bond acceptors (Lipinski definition) is 7. The maximum atomic E-state index is 13.3. The second-order valence-corrected chi connectivity index (χ2v) is 10.7. The molecule has 0 aromatic carbocycles. The molecule has 6 heterocycles. The summed E-state index contributed by atoms with van der Waals surface area (Å²) in [6.45, 7) is 5.03. The SMILES string of the molecule is CCC12CN(Cc3ccc(C#N)nc3)CCC1(O)c1ccc3c([n+]1C2)CN(C1CCC(=O)NC1=O)C3=O. The van der Waals surface area contributed by atoms with E-state index in [2.05, 4.69) is 26.7 Å². The van der Waals surface area contributed by atoms with Crippen molar-refractivity contribution in [2.24, 2.45) is 5.41 Å². The van der Waals surface area contributed by atoms with Gasteiger partial charge in [0.15, 0.2) is 12.1 Å². The minimum absolute atomic E-state index is 0.206. The minimum Gasteiger partial charge on any atom is -0.378 e. The van der Waals surface area contributed by atoms with Gasteiger partial charge in [-0.3, -0.25) is 24.6 Å². The molecule has 0 spiro atoms. The third-order valence-corrected chi connectivity index (χ3v) is 8.83. The molecule has 0 aliphatic carbocycles. The van der Waals surface area contributed by atoms with Gasteiger partial charge < -0.3 is 10.0 Å². The first kappa shape index (κ1) is 23.7. The number of imide groups is 1. The number of piperidine rings is 2. The zero-order valence-corrected chi connectivity index (χ0v) is 20.7. The number of nitriles is 1. The van der Waals surface area contributed by atoms with Crippen LogP contribution >= 0.6 is 0 Å². The zero-order valence-electron chi connectivity index (χ0n) is 20.7. The number of carbonyl (C=O) groups excluding carboxylic acids is 3. The van der Waals surface area contributed by atoms with E-state index in [9.17, 15) is 19.5 Å². The highest BCUT2D eigenvalue weighted by atomic mass is 16.3. The minimum atomic E-state index is -1.03. The number of pyridine rings is 2. The zero-order chi connectivity index (χ0) is 25.9. The summed E-state index contributed by atoms with van der Waals surface area (Å²) >= 11 is 0. The van der Waals surface area contributed by atoms with Gasteiger partial charge in [-0.15, -0.1) is 0 Å². The lowest BCUT2D eigenvalue weighted by molar-refractivity contribution is -0.706. The Morgan fingerprint density at radius 3 is 2.81 bits per heavy atom. The summed E-state index contributed by atoms with van der Waals surface area (Å²) in [7, 11) is 0. The summed E-state index contributed by atoms with van der Waals surface area (Å²) in [5, 5.41) is 23.5. The second kappa shape index (κ2) is 8.43. The van der Waals surface area contributed by atoms with E-state index >= 15 is 0 Å². The number of rotatable bonds is 4. The predicted octanol–water partition coefficient (Wildman–Crippen LogP) is 0.505. The summed E-state index contributed by atoms with van der Waals surface area (Å²) in [6, 6.07) is 8.68. The Bertz CT molecular complexity index is 1370. The molecule has 190 valence electrons. The van der Waals surface area contributed by atoms with Crippen LogP contribution in [0.2, 0.25) is 0 Å². The quantitative estimate of drug-likeness (QED) is 0.461. The van der Waals surface area contributed by atoms with Crippen molar-refractivity contribution in [3.63, 3.8) is 0 Å². The lowest BCUT2D eigenvalue weighted by atomic mass is 9.66. The van der Waals surface area contributed by atoms with Crippen molar-refractivity contribution in [2.45, 2.75) is 63.9 Å².